The fourth-order valence-electron chi connectivity index (χ4n) is 0. The standard InChI is InChI=1S/C2HClF4.FH/c3-1(4)2(5,6)7;/h1H;1H. The molecule has 0 nitrogen and oxygen atoms in total. The maximum atomic E-state index is 10.8. The molecule has 6 heteroatoms. The first-order chi connectivity index (χ1) is 2.94. The second kappa shape index (κ2) is 3.06. The van der Waals surface area contributed by atoms with Crippen molar-refractivity contribution in [3.63, 3.8) is 0 Å². The summed E-state index contributed by atoms with van der Waals surface area (Å²) >= 11 is 3.96. The fourth-order valence-corrected chi connectivity index (χ4v) is 0. The Hall–Kier alpha value is -0.0600. The summed E-state index contributed by atoms with van der Waals surface area (Å²) in [6.07, 6.45) is -4.90. The van der Waals surface area contributed by atoms with E-state index in [1.54, 1.807) is 0 Å². The molecule has 0 spiro atoms. The minimum Gasteiger partial charge on any atom is -0.269 e. The predicted octanol–water partition coefficient (Wildman–Crippen LogP) is 2.24. The van der Waals surface area contributed by atoms with Crippen LogP contribution in [0.1, 0.15) is 0 Å². The highest BCUT2D eigenvalue weighted by Crippen LogP contribution is 2.24. The molecule has 0 bridgehead atoms. The van der Waals surface area contributed by atoms with Crippen molar-refractivity contribution in [2.75, 3.05) is 0 Å². The maximum absolute atomic E-state index is 10.8. The number of halogens is 6. The molecule has 0 aliphatic rings. The molecule has 0 amide bonds. The van der Waals surface area contributed by atoms with Gasteiger partial charge in [0.15, 0.2) is 0 Å². The van der Waals surface area contributed by atoms with Crippen molar-refractivity contribution in [3.8, 4) is 0 Å². The van der Waals surface area contributed by atoms with E-state index in [0.717, 1.165) is 0 Å². The van der Waals surface area contributed by atoms with Crippen LogP contribution in [0.3, 0.4) is 0 Å². The van der Waals surface area contributed by atoms with E-state index >= 15 is 0 Å². The van der Waals surface area contributed by atoms with Gasteiger partial charge in [0.2, 0.25) is 0 Å². The zero-order chi connectivity index (χ0) is 6.08. The number of hydrogen-bond acceptors (Lipinski definition) is 0. The average molecular weight is 156 g/mol. The Morgan fingerprint density at radius 2 is 1.38 bits per heavy atom. The van der Waals surface area contributed by atoms with Crippen molar-refractivity contribution >= 4 is 11.6 Å². The summed E-state index contributed by atoms with van der Waals surface area (Å²) in [6, 6.07) is 0. The van der Waals surface area contributed by atoms with Crippen LogP contribution >= 0.6 is 11.6 Å². The zero-order valence-electron chi connectivity index (χ0n) is 3.38. The van der Waals surface area contributed by atoms with E-state index in [0.29, 0.717) is 0 Å². The SMILES string of the molecule is F.FC(Cl)C(F)(F)F. The summed E-state index contributed by atoms with van der Waals surface area (Å²) in [5.74, 6) is 0. The molecule has 0 fully saturated rings. The lowest BCUT2D eigenvalue weighted by Gasteiger charge is -2.01. The molecule has 0 rings (SSSR count). The molecule has 1 atom stereocenters. The normalized spacial score (nSPS) is 14.6. The Kier molecular flexibility index (Phi) is 4.15. The molecule has 0 aromatic heterocycles. The first-order valence-electron chi connectivity index (χ1n) is 1.29. The average Bonchev–Trinajstić information content (AvgIpc) is 1.31. The van der Waals surface area contributed by atoms with E-state index in [-0.39, 0.29) is 4.70 Å². The monoisotopic (exact) mass is 156 g/mol. The Labute approximate surface area is 46.8 Å². The molecule has 0 heterocycles. The Morgan fingerprint density at radius 1 is 1.25 bits per heavy atom. The smallest absolute Gasteiger partial charge is 0.269 e. The van der Waals surface area contributed by atoms with Gasteiger partial charge in [0.05, 0.1) is 0 Å². The largest absolute Gasteiger partial charge is 0.433 e. The summed E-state index contributed by atoms with van der Waals surface area (Å²) in [4.78, 5) is 0. The molecular formula is C2H2ClF5. The van der Waals surface area contributed by atoms with E-state index in [2.05, 4.69) is 11.6 Å². The molecule has 0 radical (unpaired) electrons. The van der Waals surface area contributed by atoms with Crippen LogP contribution in [0.2, 0.25) is 0 Å². The lowest BCUT2D eigenvalue weighted by atomic mass is 10.7. The Morgan fingerprint density at radius 3 is 1.38 bits per heavy atom. The van der Waals surface area contributed by atoms with Crippen LogP contribution in [0, 0.1) is 0 Å². The van der Waals surface area contributed by atoms with Crippen molar-refractivity contribution in [1.29, 1.82) is 0 Å². The number of alkyl halides is 5. The van der Waals surface area contributed by atoms with Crippen molar-refractivity contribution < 1.29 is 22.3 Å². The first-order valence-corrected chi connectivity index (χ1v) is 1.73. The summed E-state index contributed by atoms with van der Waals surface area (Å²) < 4.78 is 42.9. The summed E-state index contributed by atoms with van der Waals surface area (Å²) in [7, 11) is 0. The quantitative estimate of drug-likeness (QED) is 0.373. The van der Waals surface area contributed by atoms with Gasteiger partial charge in [-0.3, -0.25) is 4.70 Å². The fraction of sp³-hybridized carbons (Fsp3) is 1.00. The molecule has 0 aliphatic carbocycles. The van der Waals surface area contributed by atoms with Crippen LogP contribution in [0.15, 0.2) is 0 Å². The first kappa shape index (κ1) is 10.8. The summed E-state index contributed by atoms with van der Waals surface area (Å²) in [5, 5.41) is 0. The Balaban J connectivity index is 0. The molecule has 0 saturated heterocycles. The van der Waals surface area contributed by atoms with Crippen molar-refractivity contribution in [3.05, 3.63) is 0 Å². The van der Waals surface area contributed by atoms with Crippen molar-refractivity contribution in [1.82, 2.24) is 0 Å². The molecule has 8 heavy (non-hydrogen) atoms. The van der Waals surface area contributed by atoms with Gasteiger partial charge in [-0.2, -0.15) is 13.2 Å². The highest BCUT2D eigenvalue weighted by Gasteiger charge is 2.38. The molecule has 1 unspecified atom stereocenters. The molecule has 0 aromatic rings. The van der Waals surface area contributed by atoms with Crippen molar-refractivity contribution in [2.45, 2.75) is 11.8 Å². The second-order valence-electron chi connectivity index (χ2n) is 0.842. The van der Waals surface area contributed by atoms with Crippen LogP contribution in [0.5, 0.6) is 0 Å². The Bertz CT molecular complexity index is 55.9. The minimum absolute atomic E-state index is 0. The van der Waals surface area contributed by atoms with Gasteiger partial charge in [0, 0.05) is 0 Å². The van der Waals surface area contributed by atoms with Gasteiger partial charge in [-0.05, 0) is 0 Å². The lowest BCUT2D eigenvalue weighted by Crippen LogP contribution is -2.17. The van der Waals surface area contributed by atoms with E-state index in [4.69, 9.17) is 0 Å². The molecule has 0 aromatic carbocycles. The van der Waals surface area contributed by atoms with Crippen LogP contribution < -0.4 is 0 Å². The number of rotatable bonds is 0. The van der Waals surface area contributed by atoms with E-state index < -0.39 is 11.8 Å². The second-order valence-corrected chi connectivity index (χ2v) is 1.23. The highest BCUT2D eigenvalue weighted by molar-refractivity contribution is 6.20. The minimum atomic E-state index is -4.90. The molecule has 0 saturated carbocycles. The third kappa shape index (κ3) is 4.11. The van der Waals surface area contributed by atoms with Gasteiger partial charge in [0.25, 0.3) is 5.63 Å². The third-order valence-electron chi connectivity index (χ3n) is 0.247. The van der Waals surface area contributed by atoms with Gasteiger partial charge >= 0.3 is 6.18 Å². The molecular weight excluding hydrogens is 154 g/mol. The van der Waals surface area contributed by atoms with E-state index in [1.807, 2.05) is 0 Å². The zero-order valence-corrected chi connectivity index (χ0v) is 4.13. The van der Waals surface area contributed by atoms with Crippen LogP contribution in [0.25, 0.3) is 0 Å². The summed E-state index contributed by atoms with van der Waals surface area (Å²) in [6.45, 7) is 0. The molecule has 52 valence electrons. The van der Waals surface area contributed by atoms with Gasteiger partial charge in [-0.25, -0.2) is 4.39 Å². The lowest BCUT2D eigenvalue weighted by molar-refractivity contribution is -0.156. The molecule has 0 aliphatic heterocycles. The van der Waals surface area contributed by atoms with Crippen LogP contribution in [-0.4, -0.2) is 11.8 Å². The van der Waals surface area contributed by atoms with E-state index in [9.17, 15) is 17.6 Å². The van der Waals surface area contributed by atoms with Gasteiger partial charge in [-0.1, -0.05) is 11.6 Å². The van der Waals surface area contributed by atoms with Gasteiger partial charge in [-0.15, -0.1) is 0 Å². The molecule has 0 N–H and O–H groups in total. The van der Waals surface area contributed by atoms with Crippen molar-refractivity contribution in [2.24, 2.45) is 0 Å². The van der Waals surface area contributed by atoms with Gasteiger partial charge in [0.1, 0.15) is 0 Å². The highest BCUT2D eigenvalue weighted by atomic mass is 35.5. The van der Waals surface area contributed by atoms with E-state index in [1.165, 1.54) is 0 Å². The van der Waals surface area contributed by atoms with Crippen LogP contribution in [0.4, 0.5) is 22.3 Å². The predicted molar refractivity (Wildman–Crippen MR) is 19.3 cm³/mol. The van der Waals surface area contributed by atoms with Gasteiger partial charge < -0.3 is 0 Å². The maximum Gasteiger partial charge on any atom is 0.433 e. The van der Waals surface area contributed by atoms with Crippen LogP contribution in [-0.2, 0) is 0 Å². The summed E-state index contributed by atoms with van der Waals surface area (Å²) in [5.41, 5.74) is -3.23. The third-order valence-corrected chi connectivity index (χ3v) is 0.495. The topological polar surface area (TPSA) is 0 Å². The number of hydrogen-bond donors (Lipinski definition) is 0.